The first-order chi connectivity index (χ1) is 14.2. The van der Waals surface area contributed by atoms with Crippen molar-refractivity contribution in [2.75, 3.05) is 25.5 Å². The predicted molar refractivity (Wildman–Crippen MR) is 112 cm³/mol. The summed E-state index contributed by atoms with van der Waals surface area (Å²) in [7, 11) is 0. The van der Waals surface area contributed by atoms with Crippen molar-refractivity contribution in [3.63, 3.8) is 0 Å². The summed E-state index contributed by atoms with van der Waals surface area (Å²) in [6.07, 6.45) is 2.59. The summed E-state index contributed by atoms with van der Waals surface area (Å²) in [5, 5.41) is 8.35. The van der Waals surface area contributed by atoms with E-state index in [4.69, 9.17) is 4.74 Å². The highest BCUT2D eigenvalue weighted by atomic mass is 32.2. The zero-order valence-corrected chi connectivity index (χ0v) is 17.0. The molecule has 0 fully saturated rings. The Balaban J connectivity index is 1.53. The fourth-order valence-electron chi connectivity index (χ4n) is 3.37. The van der Waals surface area contributed by atoms with Gasteiger partial charge in [0.15, 0.2) is 10.8 Å². The standard InChI is InChI=1S/C20H23N5O3S/c1-2-28-10-6-9-21-17(26)11-15-13-29-20-23-18-16(19(27)24(15)20)12-22-25(18)14-7-4-3-5-8-14/h3-5,7-8,12,15H,2,6,9-11,13H2,1H3,(H,21,26). The van der Waals surface area contributed by atoms with E-state index in [1.54, 1.807) is 15.4 Å². The number of carbonyl (C=O) groups is 1. The molecule has 1 aromatic carbocycles. The number of thioether (sulfide) groups is 1. The van der Waals surface area contributed by atoms with E-state index in [1.807, 2.05) is 37.3 Å². The van der Waals surface area contributed by atoms with Gasteiger partial charge in [-0.3, -0.25) is 14.2 Å². The normalized spacial score (nSPS) is 15.6. The minimum atomic E-state index is -0.202. The first-order valence-corrected chi connectivity index (χ1v) is 10.7. The monoisotopic (exact) mass is 413 g/mol. The second-order valence-electron chi connectivity index (χ2n) is 6.77. The molecular formula is C20H23N5O3S. The minimum Gasteiger partial charge on any atom is -0.382 e. The molecule has 0 saturated carbocycles. The Morgan fingerprint density at radius 3 is 2.97 bits per heavy atom. The molecule has 29 heavy (non-hydrogen) atoms. The third-order valence-corrected chi connectivity index (χ3v) is 5.88. The first kappa shape index (κ1) is 19.7. The quantitative estimate of drug-likeness (QED) is 0.450. The molecule has 1 N–H and O–H groups in total. The third kappa shape index (κ3) is 4.06. The van der Waals surface area contributed by atoms with Crippen LogP contribution in [0.25, 0.3) is 16.7 Å². The second kappa shape index (κ2) is 8.79. The van der Waals surface area contributed by atoms with E-state index in [0.29, 0.717) is 41.7 Å². The summed E-state index contributed by atoms with van der Waals surface area (Å²) in [4.78, 5) is 30.1. The van der Waals surface area contributed by atoms with Gasteiger partial charge in [-0.2, -0.15) is 5.10 Å². The van der Waals surface area contributed by atoms with Crippen LogP contribution in [-0.4, -0.2) is 50.8 Å². The molecule has 1 aliphatic rings. The summed E-state index contributed by atoms with van der Waals surface area (Å²) >= 11 is 1.50. The molecule has 2 aromatic heterocycles. The number of hydrogen-bond acceptors (Lipinski definition) is 6. The van der Waals surface area contributed by atoms with Crippen LogP contribution in [0.5, 0.6) is 0 Å². The lowest BCUT2D eigenvalue weighted by Gasteiger charge is -2.13. The highest BCUT2D eigenvalue weighted by Gasteiger charge is 2.29. The van der Waals surface area contributed by atoms with Crippen molar-refractivity contribution < 1.29 is 9.53 Å². The van der Waals surface area contributed by atoms with Gasteiger partial charge in [-0.1, -0.05) is 30.0 Å². The van der Waals surface area contributed by atoms with Crippen LogP contribution in [-0.2, 0) is 9.53 Å². The molecule has 0 aliphatic carbocycles. The van der Waals surface area contributed by atoms with Crippen LogP contribution in [0.15, 0.2) is 46.5 Å². The highest BCUT2D eigenvalue weighted by molar-refractivity contribution is 7.99. The fraction of sp³-hybridized carbons (Fsp3) is 0.400. The van der Waals surface area contributed by atoms with Crippen LogP contribution in [0.3, 0.4) is 0 Å². The van der Waals surface area contributed by atoms with Crippen molar-refractivity contribution in [3.05, 3.63) is 46.9 Å². The van der Waals surface area contributed by atoms with Crippen LogP contribution < -0.4 is 10.9 Å². The SMILES string of the molecule is CCOCCCNC(=O)CC1CSc2nc3c(cnn3-c3ccccc3)c(=O)n21. The summed E-state index contributed by atoms with van der Waals surface area (Å²) in [6, 6.07) is 9.40. The van der Waals surface area contributed by atoms with E-state index < -0.39 is 0 Å². The number of amides is 1. The molecular weight excluding hydrogens is 390 g/mol. The van der Waals surface area contributed by atoms with Gasteiger partial charge in [-0.15, -0.1) is 0 Å². The average Bonchev–Trinajstić information content (AvgIpc) is 3.33. The van der Waals surface area contributed by atoms with E-state index in [2.05, 4.69) is 15.4 Å². The largest absolute Gasteiger partial charge is 0.382 e. The number of benzene rings is 1. The molecule has 0 saturated heterocycles. The number of nitrogens with one attached hydrogen (secondary N) is 1. The van der Waals surface area contributed by atoms with Crippen LogP contribution in [0.2, 0.25) is 0 Å². The van der Waals surface area contributed by atoms with Gasteiger partial charge in [-0.25, -0.2) is 9.67 Å². The topological polar surface area (TPSA) is 91.0 Å². The number of nitrogens with zero attached hydrogens (tertiary/aromatic N) is 4. The molecule has 3 aromatic rings. The van der Waals surface area contributed by atoms with E-state index in [-0.39, 0.29) is 23.9 Å². The van der Waals surface area contributed by atoms with Crippen molar-refractivity contribution in [1.82, 2.24) is 24.6 Å². The Hall–Kier alpha value is -2.65. The lowest BCUT2D eigenvalue weighted by atomic mass is 10.2. The second-order valence-corrected chi connectivity index (χ2v) is 7.76. The maximum atomic E-state index is 13.1. The Bertz CT molecular complexity index is 1060. The van der Waals surface area contributed by atoms with Crippen molar-refractivity contribution in [1.29, 1.82) is 0 Å². The smallest absolute Gasteiger partial charge is 0.265 e. The Morgan fingerprint density at radius 2 is 2.17 bits per heavy atom. The Morgan fingerprint density at radius 1 is 1.34 bits per heavy atom. The first-order valence-electron chi connectivity index (χ1n) is 9.72. The number of para-hydroxylation sites is 1. The van der Waals surface area contributed by atoms with Gasteiger partial charge >= 0.3 is 0 Å². The number of fused-ring (bicyclic) bond motifs is 2. The van der Waals surface area contributed by atoms with E-state index >= 15 is 0 Å². The summed E-state index contributed by atoms with van der Waals surface area (Å²) in [5.41, 5.74) is 1.25. The van der Waals surface area contributed by atoms with Gasteiger partial charge in [0.25, 0.3) is 5.56 Å². The lowest BCUT2D eigenvalue weighted by molar-refractivity contribution is -0.121. The summed E-state index contributed by atoms with van der Waals surface area (Å²) in [6.45, 7) is 3.82. The van der Waals surface area contributed by atoms with Crippen LogP contribution in [0.1, 0.15) is 25.8 Å². The van der Waals surface area contributed by atoms with Gasteiger partial charge < -0.3 is 10.1 Å². The Kier molecular flexibility index (Phi) is 5.96. The predicted octanol–water partition coefficient (Wildman–Crippen LogP) is 2.16. The number of carbonyl (C=O) groups excluding carboxylic acids is 1. The minimum absolute atomic E-state index is 0.0630. The molecule has 1 atom stereocenters. The molecule has 4 rings (SSSR count). The van der Waals surface area contributed by atoms with Gasteiger partial charge in [0.1, 0.15) is 5.39 Å². The number of rotatable bonds is 8. The molecule has 8 nitrogen and oxygen atoms in total. The maximum Gasteiger partial charge on any atom is 0.265 e. The molecule has 0 radical (unpaired) electrons. The van der Waals surface area contributed by atoms with Crippen LogP contribution in [0.4, 0.5) is 0 Å². The molecule has 0 spiro atoms. The number of aromatic nitrogens is 4. The van der Waals surface area contributed by atoms with Crippen molar-refractivity contribution in [2.24, 2.45) is 0 Å². The van der Waals surface area contributed by atoms with Gasteiger partial charge in [0, 0.05) is 31.9 Å². The Labute approximate surface area is 172 Å². The molecule has 152 valence electrons. The van der Waals surface area contributed by atoms with Gasteiger partial charge in [-0.05, 0) is 25.5 Å². The van der Waals surface area contributed by atoms with Gasteiger partial charge in [0.2, 0.25) is 5.91 Å². The molecule has 1 amide bonds. The zero-order valence-electron chi connectivity index (χ0n) is 16.2. The number of hydrogen-bond donors (Lipinski definition) is 1. The highest BCUT2D eigenvalue weighted by Crippen LogP contribution is 2.33. The summed E-state index contributed by atoms with van der Waals surface area (Å²) < 4.78 is 8.59. The van der Waals surface area contributed by atoms with E-state index in [1.165, 1.54) is 11.8 Å². The van der Waals surface area contributed by atoms with Crippen molar-refractivity contribution in [2.45, 2.75) is 31.0 Å². The van der Waals surface area contributed by atoms with E-state index in [9.17, 15) is 9.59 Å². The van der Waals surface area contributed by atoms with Crippen molar-refractivity contribution in [3.8, 4) is 5.69 Å². The van der Waals surface area contributed by atoms with Crippen molar-refractivity contribution >= 4 is 28.7 Å². The molecule has 3 heterocycles. The van der Waals surface area contributed by atoms with E-state index in [0.717, 1.165) is 12.1 Å². The van der Waals surface area contributed by atoms with Gasteiger partial charge in [0.05, 0.1) is 17.9 Å². The molecule has 1 unspecified atom stereocenters. The van der Waals surface area contributed by atoms with Crippen LogP contribution in [0, 0.1) is 0 Å². The average molecular weight is 414 g/mol. The zero-order chi connectivity index (χ0) is 20.2. The molecule has 9 heteroatoms. The maximum absolute atomic E-state index is 13.1. The number of ether oxygens (including phenoxy) is 1. The van der Waals surface area contributed by atoms with Crippen LogP contribution >= 0.6 is 11.8 Å². The molecule has 0 bridgehead atoms. The fourth-order valence-corrected chi connectivity index (χ4v) is 4.50. The lowest BCUT2D eigenvalue weighted by Crippen LogP contribution is -2.31. The summed E-state index contributed by atoms with van der Waals surface area (Å²) in [5.74, 6) is 0.590. The molecule has 1 aliphatic heterocycles. The third-order valence-electron chi connectivity index (χ3n) is 4.78.